The summed E-state index contributed by atoms with van der Waals surface area (Å²) in [5.41, 5.74) is 0.197. The van der Waals surface area contributed by atoms with E-state index >= 15 is 0 Å². The molecule has 2 aromatic rings. The first-order chi connectivity index (χ1) is 8.10. The van der Waals surface area contributed by atoms with Gasteiger partial charge >= 0.3 is 0 Å². The average Bonchev–Trinajstić information content (AvgIpc) is 2.37. The Kier molecular flexibility index (Phi) is 3.31. The molecular weight excluding hydrogens is 304 g/mol. The summed E-state index contributed by atoms with van der Waals surface area (Å²) in [5.74, 6) is 0. The molecule has 88 valence electrons. The molecule has 0 saturated heterocycles. The summed E-state index contributed by atoms with van der Waals surface area (Å²) in [7, 11) is -3.48. The smallest absolute Gasteiger partial charge is 0.189 e. The first-order valence-corrected chi connectivity index (χ1v) is 7.63. The Hall–Kier alpha value is -1.20. The van der Waals surface area contributed by atoms with Crippen LogP contribution in [-0.4, -0.2) is 19.4 Å². The van der Waals surface area contributed by atoms with Gasteiger partial charge in [0.05, 0.1) is 4.90 Å². The van der Waals surface area contributed by atoms with Gasteiger partial charge in [-0.15, -0.1) is 0 Å². The highest BCUT2D eigenvalue weighted by molar-refractivity contribution is 9.10. The van der Waals surface area contributed by atoms with E-state index in [2.05, 4.69) is 15.9 Å². The number of aldehydes is 1. The second-order valence-corrected chi connectivity index (χ2v) is 6.78. The van der Waals surface area contributed by atoms with Gasteiger partial charge < -0.3 is 0 Å². The maximum atomic E-state index is 12.0. The predicted molar refractivity (Wildman–Crippen MR) is 70.3 cm³/mol. The average molecular weight is 313 g/mol. The minimum atomic E-state index is -3.48. The van der Waals surface area contributed by atoms with Gasteiger partial charge in [-0.25, -0.2) is 8.42 Å². The van der Waals surface area contributed by atoms with E-state index < -0.39 is 9.84 Å². The van der Waals surface area contributed by atoms with Crippen LogP contribution in [0.15, 0.2) is 41.3 Å². The molecule has 0 heterocycles. The van der Waals surface area contributed by atoms with Crippen LogP contribution in [0.25, 0.3) is 10.8 Å². The van der Waals surface area contributed by atoms with Crippen molar-refractivity contribution in [2.75, 3.05) is 4.66 Å². The number of hydrogen-bond donors (Lipinski definition) is 0. The number of alkyl halides is 1. The Balaban J connectivity index is 2.96. The van der Waals surface area contributed by atoms with E-state index in [1.807, 2.05) is 12.1 Å². The van der Waals surface area contributed by atoms with Crippen molar-refractivity contribution in [3.8, 4) is 0 Å². The fraction of sp³-hybridized carbons (Fsp3) is 0.0833. The molecule has 0 spiro atoms. The van der Waals surface area contributed by atoms with Crippen molar-refractivity contribution < 1.29 is 13.2 Å². The van der Waals surface area contributed by atoms with Gasteiger partial charge in [0.2, 0.25) is 0 Å². The molecule has 0 fully saturated rings. The summed E-state index contributed by atoms with van der Waals surface area (Å²) < 4.78 is 23.8. The largest absolute Gasteiger partial charge is 0.298 e. The third-order valence-electron chi connectivity index (χ3n) is 2.49. The van der Waals surface area contributed by atoms with E-state index in [-0.39, 0.29) is 15.1 Å². The summed E-state index contributed by atoms with van der Waals surface area (Å²) in [4.78, 5) is 11.1. The second-order valence-electron chi connectivity index (χ2n) is 3.55. The number of sulfone groups is 1. The van der Waals surface area contributed by atoms with E-state index in [1.54, 1.807) is 18.2 Å². The number of carbonyl (C=O) groups excluding carboxylic acids is 1. The summed E-state index contributed by atoms with van der Waals surface area (Å²) in [6.45, 7) is 0. The highest BCUT2D eigenvalue weighted by Gasteiger charge is 2.20. The fourth-order valence-corrected chi connectivity index (χ4v) is 3.55. The Labute approximate surface area is 107 Å². The minimum absolute atomic E-state index is 0.0995. The van der Waals surface area contributed by atoms with Gasteiger partial charge in [-0.05, 0) is 11.5 Å². The predicted octanol–water partition coefficient (Wildman–Crippen LogP) is 2.78. The Morgan fingerprint density at radius 3 is 2.47 bits per heavy atom. The first kappa shape index (κ1) is 12.3. The van der Waals surface area contributed by atoms with Crippen LogP contribution in [0, 0.1) is 0 Å². The highest BCUT2D eigenvalue weighted by atomic mass is 79.9. The topological polar surface area (TPSA) is 51.2 Å². The number of carbonyl (C=O) groups is 1. The second kappa shape index (κ2) is 4.58. The maximum absolute atomic E-state index is 12.0. The standard InChI is InChI=1S/C12H9BrO3S/c13-8-17(15,16)12-10(7-14)6-5-9-3-1-2-4-11(9)12/h1-7H,8H2. The summed E-state index contributed by atoms with van der Waals surface area (Å²) in [6, 6.07) is 10.4. The lowest BCUT2D eigenvalue weighted by molar-refractivity contribution is 0.112. The molecule has 0 aliphatic heterocycles. The Bertz CT molecular complexity index is 677. The third-order valence-corrected chi connectivity index (χ3v) is 5.66. The van der Waals surface area contributed by atoms with Crippen LogP contribution in [0.1, 0.15) is 10.4 Å². The number of fused-ring (bicyclic) bond motifs is 1. The van der Waals surface area contributed by atoms with Gasteiger partial charge in [0, 0.05) is 10.9 Å². The van der Waals surface area contributed by atoms with Crippen molar-refractivity contribution in [2.45, 2.75) is 4.90 Å². The van der Waals surface area contributed by atoms with Crippen molar-refractivity contribution in [1.82, 2.24) is 0 Å². The first-order valence-electron chi connectivity index (χ1n) is 4.86. The lowest BCUT2D eigenvalue weighted by Gasteiger charge is -2.08. The molecule has 0 saturated carbocycles. The van der Waals surface area contributed by atoms with Crippen LogP contribution in [0.3, 0.4) is 0 Å². The molecule has 2 aromatic carbocycles. The van der Waals surface area contributed by atoms with Crippen LogP contribution in [0.2, 0.25) is 0 Å². The van der Waals surface area contributed by atoms with Crippen molar-refractivity contribution in [1.29, 1.82) is 0 Å². The summed E-state index contributed by atoms with van der Waals surface area (Å²) in [5, 5.41) is 1.38. The number of benzene rings is 2. The Morgan fingerprint density at radius 2 is 1.82 bits per heavy atom. The van der Waals surface area contributed by atoms with Crippen LogP contribution >= 0.6 is 15.9 Å². The number of rotatable bonds is 3. The molecule has 0 amide bonds. The molecule has 2 rings (SSSR count). The van der Waals surface area contributed by atoms with Gasteiger partial charge in [-0.1, -0.05) is 46.3 Å². The Morgan fingerprint density at radius 1 is 1.12 bits per heavy atom. The van der Waals surface area contributed by atoms with Crippen LogP contribution in [0.5, 0.6) is 0 Å². The van der Waals surface area contributed by atoms with Crippen LogP contribution in [0.4, 0.5) is 0 Å². The van der Waals surface area contributed by atoms with Crippen LogP contribution in [-0.2, 0) is 9.84 Å². The molecule has 5 heteroatoms. The zero-order valence-electron chi connectivity index (χ0n) is 8.76. The number of hydrogen-bond acceptors (Lipinski definition) is 3. The molecule has 0 radical (unpaired) electrons. The van der Waals surface area contributed by atoms with E-state index in [4.69, 9.17) is 0 Å². The molecule has 3 nitrogen and oxygen atoms in total. The fourth-order valence-electron chi connectivity index (χ4n) is 1.75. The number of halogens is 1. The highest BCUT2D eigenvalue weighted by Crippen LogP contribution is 2.27. The van der Waals surface area contributed by atoms with E-state index in [0.717, 1.165) is 5.39 Å². The van der Waals surface area contributed by atoms with E-state index in [1.165, 1.54) is 6.07 Å². The van der Waals surface area contributed by atoms with Crippen molar-refractivity contribution in [2.24, 2.45) is 0 Å². The molecular formula is C12H9BrO3S. The lowest BCUT2D eigenvalue weighted by atomic mass is 10.1. The quantitative estimate of drug-likeness (QED) is 0.647. The minimum Gasteiger partial charge on any atom is -0.298 e. The summed E-state index contributed by atoms with van der Waals surface area (Å²) >= 11 is 2.95. The van der Waals surface area contributed by atoms with E-state index in [0.29, 0.717) is 11.7 Å². The van der Waals surface area contributed by atoms with Crippen molar-refractivity contribution in [3.05, 3.63) is 42.0 Å². The van der Waals surface area contributed by atoms with Gasteiger partial charge in [0.15, 0.2) is 16.1 Å². The zero-order chi connectivity index (χ0) is 12.5. The molecule has 0 bridgehead atoms. The van der Waals surface area contributed by atoms with Crippen molar-refractivity contribution in [3.63, 3.8) is 0 Å². The monoisotopic (exact) mass is 312 g/mol. The lowest BCUT2D eigenvalue weighted by Crippen LogP contribution is -2.06. The molecule has 0 atom stereocenters. The molecule has 17 heavy (non-hydrogen) atoms. The maximum Gasteiger partial charge on any atom is 0.189 e. The molecule has 0 aliphatic rings. The molecule has 0 aromatic heterocycles. The third kappa shape index (κ3) is 2.12. The van der Waals surface area contributed by atoms with E-state index in [9.17, 15) is 13.2 Å². The van der Waals surface area contributed by atoms with Gasteiger partial charge in [0.25, 0.3) is 0 Å². The SMILES string of the molecule is O=Cc1ccc2ccccc2c1S(=O)(=O)CBr. The summed E-state index contributed by atoms with van der Waals surface area (Å²) in [6.07, 6.45) is 0.571. The molecule has 0 N–H and O–H groups in total. The van der Waals surface area contributed by atoms with Gasteiger partial charge in [-0.2, -0.15) is 0 Å². The normalized spacial score (nSPS) is 11.6. The molecule has 0 aliphatic carbocycles. The van der Waals surface area contributed by atoms with Crippen LogP contribution < -0.4 is 0 Å². The van der Waals surface area contributed by atoms with Gasteiger partial charge in [0.1, 0.15) is 4.66 Å². The van der Waals surface area contributed by atoms with Gasteiger partial charge in [-0.3, -0.25) is 4.79 Å². The molecule has 0 unspecified atom stereocenters. The zero-order valence-corrected chi connectivity index (χ0v) is 11.2. The van der Waals surface area contributed by atoms with Crippen molar-refractivity contribution >= 4 is 42.8 Å².